The fourth-order valence-electron chi connectivity index (χ4n) is 3.77. The minimum Gasteiger partial charge on any atom is -0.326 e. The van der Waals surface area contributed by atoms with Gasteiger partial charge in [0.1, 0.15) is 21.8 Å². The van der Waals surface area contributed by atoms with Gasteiger partial charge in [-0.1, -0.05) is 35.3 Å². The number of hydrogen-bond donors (Lipinski definition) is 1. The van der Waals surface area contributed by atoms with Crippen molar-refractivity contribution in [2.75, 3.05) is 5.32 Å². The number of halogens is 7. The molecule has 2 unspecified atom stereocenters. The number of amides is 1. The molecule has 0 heterocycles. The van der Waals surface area contributed by atoms with E-state index in [1.165, 1.54) is 42.5 Å². The lowest BCUT2D eigenvalue weighted by Crippen LogP contribution is -2.17. The Balaban J connectivity index is 1.52. The summed E-state index contributed by atoms with van der Waals surface area (Å²) in [5, 5.41) is 2.58. The van der Waals surface area contributed by atoms with Crippen molar-refractivity contribution in [3.05, 3.63) is 98.8 Å². The number of nitrogens with one attached hydrogen (secondary N) is 1. The third-order valence-electron chi connectivity index (χ3n) is 5.57. The fourth-order valence-corrected chi connectivity index (χ4v) is 4.94. The number of anilines is 1. The van der Waals surface area contributed by atoms with Crippen LogP contribution in [0, 0.1) is 23.4 Å². The van der Waals surface area contributed by atoms with Gasteiger partial charge in [0.15, 0.2) is 5.78 Å². The molecule has 3 aromatic carbocycles. The first-order valence-corrected chi connectivity index (χ1v) is 11.4. The lowest BCUT2D eigenvalue weighted by Gasteiger charge is -2.10. The van der Waals surface area contributed by atoms with Gasteiger partial charge in [-0.15, -0.1) is 23.2 Å². The van der Waals surface area contributed by atoms with E-state index in [1.54, 1.807) is 0 Å². The van der Waals surface area contributed by atoms with E-state index < -0.39 is 51.7 Å². The van der Waals surface area contributed by atoms with Gasteiger partial charge in [0.05, 0.1) is 16.0 Å². The average molecular weight is 547 g/mol. The van der Waals surface area contributed by atoms with Gasteiger partial charge in [0.2, 0.25) is 5.91 Å². The minimum absolute atomic E-state index is 0.0303. The Hall–Kier alpha value is -2.25. The molecular formula is C24H14Cl4F3NO2. The molecule has 3 aromatic rings. The van der Waals surface area contributed by atoms with Crippen LogP contribution in [0.5, 0.6) is 0 Å². The molecule has 3 nitrogen and oxygen atoms in total. The van der Waals surface area contributed by atoms with Gasteiger partial charge in [-0.2, -0.15) is 0 Å². The highest BCUT2D eigenvalue weighted by Gasteiger charge is 2.67. The second kappa shape index (κ2) is 9.42. The van der Waals surface area contributed by atoms with E-state index in [9.17, 15) is 22.8 Å². The largest absolute Gasteiger partial charge is 0.326 e. The summed E-state index contributed by atoms with van der Waals surface area (Å²) >= 11 is 24.4. The highest BCUT2D eigenvalue weighted by atomic mass is 35.5. The molecule has 2 atom stereocenters. The predicted octanol–water partition coefficient (Wildman–Crippen LogP) is 7.36. The summed E-state index contributed by atoms with van der Waals surface area (Å²) in [4.78, 5) is 25.6. The van der Waals surface area contributed by atoms with Crippen LogP contribution in [0.15, 0.2) is 54.6 Å². The molecule has 1 fully saturated rings. The number of ketones is 1. The van der Waals surface area contributed by atoms with Gasteiger partial charge in [0, 0.05) is 29.2 Å². The Morgan fingerprint density at radius 2 is 1.53 bits per heavy atom. The van der Waals surface area contributed by atoms with Gasteiger partial charge < -0.3 is 5.32 Å². The summed E-state index contributed by atoms with van der Waals surface area (Å²) in [5.41, 5.74) is 0.190. The van der Waals surface area contributed by atoms with Gasteiger partial charge >= 0.3 is 0 Å². The van der Waals surface area contributed by atoms with Crippen LogP contribution < -0.4 is 5.32 Å². The maximum atomic E-state index is 13.9. The number of benzene rings is 3. The Bertz CT molecular complexity index is 1300. The first-order chi connectivity index (χ1) is 16.0. The van der Waals surface area contributed by atoms with Crippen LogP contribution in [0.2, 0.25) is 10.0 Å². The van der Waals surface area contributed by atoms with Gasteiger partial charge in [-0.05, 0) is 48.0 Å². The van der Waals surface area contributed by atoms with Crippen molar-refractivity contribution in [1.82, 2.24) is 0 Å². The number of hydrogen-bond acceptors (Lipinski definition) is 2. The van der Waals surface area contributed by atoms with Crippen molar-refractivity contribution >= 4 is 63.8 Å². The van der Waals surface area contributed by atoms with E-state index in [2.05, 4.69) is 5.32 Å². The Labute approximate surface area is 212 Å². The van der Waals surface area contributed by atoms with E-state index >= 15 is 0 Å². The number of carbonyl (C=O) groups excluding carboxylic acids is 2. The van der Waals surface area contributed by atoms with Crippen molar-refractivity contribution in [1.29, 1.82) is 0 Å². The second-order valence-corrected chi connectivity index (χ2v) is 10.0. The Morgan fingerprint density at radius 1 is 0.882 bits per heavy atom. The van der Waals surface area contributed by atoms with Crippen molar-refractivity contribution in [3.8, 4) is 0 Å². The van der Waals surface area contributed by atoms with Crippen LogP contribution in [0.4, 0.5) is 18.9 Å². The first-order valence-electron chi connectivity index (χ1n) is 9.90. The van der Waals surface area contributed by atoms with Crippen LogP contribution >= 0.6 is 46.4 Å². The first kappa shape index (κ1) is 24.9. The third-order valence-corrected chi connectivity index (χ3v) is 7.15. The molecule has 1 aliphatic rings. The summed E-state index contributed by atoms with van der Waals surface area (Å²) in [6.07, 6.45) is -0.561. The zero-order valence-corrected chi connectivity index (χ0v) is 20.0. The second-order valence-electron chi connectivity index (χ2n) is 7.79. The zero-order valence-electron chi connectivity index (χ0n) is 17.0. The SMILES string of the molecule is O=C(Cc1c(F)cccc1F)c1cc(NC(=O)C2C(c3ccc(Cl)c(F)c3)C2(Cl)Cl)ccc1Cl. The molecule has 34 heavy (non-hydrogen) atoms. The van der Waals surface area contributed by atoms with Crippen molar-refractivity contribution in [3.63, 3.8) is 0 Å². The topological polar surface area (TPSA) is 46.2 Å². The van der Waals surface area contributed by atoms with Crippen LogP contribution in [-0.4, -0.2) is 16.0 Å². The molecule has 0 spiro atoms. The molecule has 1 amide bonds. The third kappa shape index (κ3) is 4.78. The van der Waals surface area contributed by atoms with Crippen LogP contribution in [0.3, 0.4) is 0 Å². The Morgan fingerprint density at radius 3 is 2.18 bits per heavy atom. The van der Waals surface area contributed by atoms with E-state index in [-0.39, 0.29) is 26.9 Å². The standard InChI is InChI=1S/C24H14Cl4F3NO2/c25-15-7-5-12(9-13(15)20(33)10-14-17(29)2-1-3-18(14)30)32-23(34)22-21(24(22,27)28)11-4-6-16(26)19(31)8-11/h1-9,21-22H,10H2,(H,32,34). The van der Waals surface area contributed by atoms with Gasteiger partial charge in [0.25, 0.3) is 0 Å². The quantitative estimate of drug-likeness (QED) is 0.259. The number of carbonyl (C=O) groups is 2. The smallest absolute Gasteiger partial charge is 0.231 e. The van der Waals surface area contributed by atoms with Gasteiger partial charge in [-0.3, -0.25) is 9.59 Å². The van der Waals surface area contributed by atoms with Crippen molar-refractivity contribution in [2.45, 2.75) is 16.7 Å². The average Bonchev–Trinajstić information content (AvgIpc) is 3.36. The molecule has 0 aromatic heterocycles. The predicted molar refractivity (Wildman–Crippen MR) is 127 cm³/mol. The normalized spacial score (nSPS) is 18.4. The van der Waals surface area contributed by atoms with Crippen molar-refractivity contribution in [2.24, 2.45) is 5.92 Å². The molecule has 10 heteroatoms. The highest BCUT2D eigenvalue weighted by molar-refractivity contribution is 6.53. The molecule has 0 bridgehead atoms. The van der Waals surface area contributed by atoms with Gasteiger partial charge in [-0.25, -0.2) is 13.2 Å². The van der Waals surface area contributed by atoms with Crippen LogP contribution in [0.25, 0.3) is 0 Å². The van der Waals surface area contributed by atoms with Crippen LogP contribution in [-0.2, 0) is 11.2 Å². The monoisotopic (exact) mass is 545 g/mol. The lowest BCUT2D eigenvalue weighted by molar-refractivity contribution is -0.117. The summed E-state index contributed by atoms with van der Waals surface area (Å²) in [6.45, 7) is 0. The number of alkyl halides is 2. The molecule has 176 valence electrons. The summed E-state index contributed by atoms with van der Waals surface area (Å²) in [7, 11) is 0. The van der Waals surface area contributed by atoms with Crippen molar-refractivity contribution < 1.29 is 22.8 Å². The molecule has 1 saturated carbocycles. The summed E-state index contributed by atoms with van der Waals surface area (Å²) in [5.74, 6) is -5.16. The summed E-state index contributed by atoms with van der Waals surface area (Å²) in [6, 6.07) is 11.5. The fraction of sp³-hybridized carbons (Fsp3) is 0.167. The molecule has 1 N–H and O–H groups in total. The molecule has 4 rings (SSSR count). The molecule has 0 saturated heterocycles. The highest BCUT2D eigenvalue weighted by Crippen LogP contribution is 2.65. The van der Waals surface area contributed by atoms with Crippen LogP contribution in [0.1, 0.15) is 27.4 Å². The zero-order chi connectivity index (χ0) is 24.8. The molecule has 0 aliphatic heterocycles. The molecule has 0 radical (unpaired) electrons. The molecular weight excluding hydrogens is 533 g/mol. The Kier molecular flexibility index (Phi) is 6.89. The minimum atomic E-state index is -1.47. The summed E-state index contributed by atoms with van der Waals surface area (Å²) < 4.78 is 40.2. The lowest BCUT2D eigenvalue weighted by atomic mass is 10.0. The number of rotatable bonds is 6. The molecule has 1 aliphatic carbocycles. The number of Topliss-reactive ketones (excluding diaryl/α,β-unsaturated/α-hetero) is 1. The van der Waals surface area contributed by atoms with E-state index in [1.807, 2.05) is 0 Å². The maximum Gasteiger partial charge on any atom is 0.231 e. The maximum absolute atomic E-state index is 13.9. The van der Waals surface area contributed by atoms with E-state index in [0.717, 1.165) is 12.1 Å². The van der Waals surface area contributed by atoms with E-state index in [4.69, 9.17) is 46.4 Å². The van der Waals surface area contributed by atoms with E-state index in [0.29, 0.717) is 5.56 Å².